The summed E-state index contributed by atoms with van der Waals surface area (Å²) in [5.74, 6) is -1.41. The van der Waals surface area contributed by atoms with Crippen LogP contribution in [0, 0.1) is 13.8 Å². The quantitative estimate of drug-likeness (QED) is 0.487. The number of nitrogens with one attached hydrogen (secondary N) is 1. The van der Waals surface area contributed by atoms with Crippen LogP contribution in [0.4, 0.5) is 5.69 Å². The van der Waals surface area contributed by atoms with Gasteiger partial charge in [0.1, 0.15) is 0 Å². The molecule has 2 aromatic rings. The zero-order valence-corrected chi connectivity index (χ0v) is 16.2. The van der Waals surface area contributed by atoms with Crippen LogP contribution in [-0.4, -0.2) is 17.0 Å². The summed E-state index contributed by atoms with van der Waals surface area (Å²) in [4.78, 5) is 23.7. The fourth-order valence-electron chi connectivity index (χ4n) is 2.87. The number of carbonyl (C=O) groups excluding carboxylic acids is 1. The van der Waals surface area contributed by atoms with Crippen molar-refractivity contribution in [1.29, 1.82) is 0 Å². The highest BCUT2D eigenvalue weighted by Crippen LogP contribution is 2.24. The molecule has 2 rings (SSSR count). The van der Waals surface area contributed by atoms with Crippen LogP contribution in [0.1, 0.15) is 58.8 Å². The third-order valence-corrected chi connectivity index (χ3v) is 4.69. The van der Waals surface area contributed by atoms with Gasteiger partial charge in [-0.05, 0) is 61.1 Å². The molecule has 1 amide bonds. The lowest BCUT2D eigenvalue weighted by Gasteiger charge is -2.12. The number of aromatic carboxylic acids is 1. The minimum atomic E-state index is -1.06. The van der Waals surface area contributed by atoms with Crippen molar-refractivity contribution >= 4 is 23.6 Å². The molecule has 0 fully saturated rings. The first-order valence-corrected chi connectivity index (χ1v) is 9.34. The van der Waals surface area contributed by atoms with Gasteiger partial charge in [-0.15, -0.1) is 0 Å². The van der Waals surface area contributed by atoms with Crippen molar-refractivity contribution < 1.29 is 14.7 Å². The van der Waals surface area contributed by atoms with Crippen molar-refractivity contribution in [3.8, 4) is 0 Å². The highest BCUT2D eigenvalue weighted by molar-refractivity contribution is 6.06. The number of amides is 1. The molecule has 0 aliphatic carbocycles. The normalized spacial score (nSPS) is 10.9. The SMILES string of the molecule is CCCCCc1ccc(/C=C/C(=O)Nc2c(C(=O)O)ccc(C)c2C)cc1. The van der Waals surface area contributed by atoms with Crippen molar-refractivity contribution in [3.05, 3.63) is 70.3 Å². The Morgan fingerprint density at radius 2 is 1.74 bits per heavy atom. The van der Waals surface area contributed by atoms with E-state index in [1.807, 2.05) is 19.1 Å². The van der Waals surface area contributed by atoms with E-state index in [0.717, 1.165) is 23.1 Å². The molecule has 0 bridgehead atoms. The third-order valence-electron chi connectivity index (χ3n) is 4.69. The van der Waals surface area contributed by atoms with Gasteiger partial charge in [0.15, 0.2) is 0 Å². The molecule has 0 aliphatic heterocycles. The van der Waals surface area contributed by atoms with E-state index >= 15 is 0 Å². The van der Waals surface area contributed by atoms with E-state index < -0.39 is 5.97 Å². The molecule has 4 heteroatoms. The van der Waals surface area contributed by atoms with Crippen LogP contribution < -0.4 is 5.32 Å². The van der Waals surface area contributed by atoms with Gasteiger partial charge in [0, 0.05) is 6.08 Å². The number of carbonyl (C=O) groups is 2. The molecule has 0 aliphatic rings. The lowest BCUT2D eigenvalue weighted by atomic mass is 10.0. The van der Waals surface area contributed by atoms with Gasteiger partial charge in [0.2, 0.25) is 5.91 Å². The summed E-state index contributed by atoms with van der Waals surface area (Å²) in [6.45, 7) is 5.88. The molecule has 27 heavy (non-hydrogen) atoms. The topological polar surface area (TPSA) is 66.4 Å². The van der Waals surface area contributed by atoms with Crippen molar-refractivity contribution in [1.82, 2.24) is 0 Å². The summed E-state index contributed by atoms with van der Waals surface area (Å²) in [5.41, 5.74) is 4.36. The molecule has 0 atom stereocenters. The first kappa shape index (κ1) is 20.4. The number of aryl methyl sites for hydroxylation is 2. The molecule has 0 unspecified atom stereocenters. The van der Waals surface area contributed by atoms with Crippen LogP contribution in [0.25, 0.3) is 6.08 Å². The van der Waals surface area contributed by atoms with E-state index in [4.69, 9.17) is 0 Å². The second-order valence-corrected chi connectivity index (χ2v) is 6.76. The molecule has 2 aromatic carbocycles. The van der Waals surface area contributed by atoms with Crippen LogP contribution in [-0.2, 0) is 11.2 Å². The number of carboxylic acids is 1. The Kier molecular flexibility index (Phi) is 7.35. The summed E-state index contributed by atoms with van der Waals surface area (Å²) in [6.07, 6.45) is 7.87. The van der Waals surface area contributed by atoms with Gasteiger partial charge < -0.3 is 10.4 Å². The molecule has 0 aromatic heterocycles. The molecule has 0 saturated heterocycles. The average molecular weight is 365 g/mol. The predicted octanol–water partition coefficient (Wildman–Crippen LogP) is 5.39. The predicted molar refractivity (Wildman–Crippen MR) is 110 cm³/mol. The maximum absolute atomic E-state index is 12.3. The Morgan fingerprint density at radius 1 is 1.04 bits per heavy atom. The molecule has 142 valence electrons. The first-order valence-electron chi connectivity index (χ1n) is 9.34. The maximum atomic E-state index is 12.3. The van der Waals surface area contributed by atoms with Crippen molar-refractivity contribution in [2.75, 3.05) is 5.32 Å². The molecule has 0 spiro atoms. The fourth-order valence-corrected chi connectivity index (χ4v) is 2.87. The smallest absolute Gasteiger partial charge is 0.337 e. The Hall–Kier alpha value is -2.88. The van der Waals surface area contributed by atoms with Gasteiger partial charge in [0.25, 0.3) is 0 Å². The molecule has 0 radical (unpaired) electrons. The Bertz CT molecular complexity index is 835. The van der Waals surface area contributed by atoms with Gasteiger partial charge in [-0.2, -0.15) is 0 Å². The molecule has 0 saturated carbocycles. The van der Waals surface area contributed by atoms with Gasteiger partial charge >= 0.3 is 5.97 Å². The molecular formula is C23H27NO3. The minimum absolute atomic E-state index is 0.0938. The zero-order chi connectivity index (χ0) is 19.8. The fraction of sp³-hybridized carbons (Fsp3) is 0.304. The monoisotopic (exact) mass is 365 g/mol. The summed E-state index contributed by atoms with van der Waals surface area (Å²) >= 11 is 0. The summed E-state index contributed by atoms with van der Waals surface area (Å²) in [6, 6.07) is 11.4. The standard InChI is InChI=1S/C23H27NO3/c1-4-5-6-7-18-9-11-19(12-10-18)13-15-21(25)24-22-17(3)16(2)8-14-20(22)23(26)27/h8-15H,4-7H2,1-3H3,(H,24,25)(H,26,27)/b15-13+. The molecular weight excluding hydrogens is 338 g/mol. The van der Waals surface area contributed by atoms with E-state index in [1.165, 1.54) is 37.0 Å². The lowest BCUT2D eigenvalue weighted by molar-refractivity contribution is -0.111. The molecule has 4 nitrogen and oxygen atoms in total. The van der Waals surface area contributed by atoms with Crippen LogP contribution >= 0.6 is 0 Å². The Morgan fingerprint density at radius 3 is 2.37 bits per heavy atom. The average Bonchev–Trinajstić information content (AvgIpc) is 2.65. The van der Waals surface area contributed by atoms with E-state index in [9.17, 15) is 14.7 Å². The van der Waals surface area contributed by atoms with E-state index in [0.29, 0.717) is 5.69 Å². The highest BCUT2D eigenvalue weighted by atomic mass is 16.4. The first-order chi connectivity index (χ1) is 12.9. The molecule has 0 heterocycles. The van der Waals surface area contributed by atoms with Crippen molar-refractivity contribution in [2.45, 2.75) is 46.5 Å². The highest BCUT2D eigenvalue weighted by Gasteiger charge is 2.15. The number of carboxylic acid groups (broad SMARTS) is 1. The number of hydrogen-bond donors (Lipinski definition) is 2. The minimum Gasteiger partial charge on any atom is -0.478 e. The van der Waals surface area contributed by atoms with E-state index in [1.54, 1.807) is 19.1 Å². The summed E-state index contributed by atoms with van der Waals surface area (Å²) in [5, 5.41) is 12.0. The van der Waals surface area contributed by atoms with Gasteiger partial charge in [-0.3, -0.25) is 4.79 Å². The van der Waals surface area contributed by atoms with Gasteiger partial charge in [-0.25, -0.2) is 4.79 Å². The number of anilines is 1. The van der Waals surface area contributed by atoms with Crippen molar-refractivity contribution in [3.63, 3.8) is 0 Å². The van der Waals surface area contributed by atoms with Crippen LogP contribution in [0.15, 0.2) is 42.5 Å². The van der Waals surface area contributed by atoms with Crippen LogP contribution in [0.3, 0.4) is 0 Å². The molecule has 2 N–H and O–H groups in total. The Labute approximate surface area is 160 Å². The maximum Gasteiger partial charge on any atom is 0.337 e. The van der Waals surface area contributed by atoms with E-state index in [-0.39, 0.29) is 11.5 Å². The van der Waals surface area contributed by atoms with Gasteiger partial charge in [-0.1, -0.05) is 50.1 Å². The van der Waals surface area contributed by atoms with Crippen LogP contribution in [0.5, 0.6) is 0 Å². The number of benzene rings is 2. The summed E-state index contributed by atoms with van der Waals surface area (Å²) < 4.78 is 0. The Balaban J connectivity index is 2.06. The van der Waals surface area contributed by atoms with Gasteiger partial charge in [0.05, 0.1) is 11.3 Å². The third kappa shape index (κ3) is 5.81. The number of unbranched alkanes of at least 4 members (excludes halogenated alkanes) is 2. The number of hydrogen-bond acceptors (Lipinski definition) is 2. The largest absolute Gasteiger partial charge is 0.478 e. The summed E-state index contributed by atoms with van der Waals surface area (Å²) in [7, 11) is 0. The van der Waals surface area contributed by atoms with Crippen LogP contribution in [0.2, 0.25) is 0 Å². The number of rotatable bonds is 8. The van der Waals surface area contributed by atoms with E-state index in [2.05, 4.69) is 24.4 Å². The second kappa shape index (κ2) is 9.72. The van der Waals surface area contributed by atoms with Crippen molar-refractivity contribution in [2.24, 2.45) is 0 Å². The lowest BCUT2D eigenvalue weighted by Crippen LogP contribution is -2.14. The zero-order valence-electron chi connectivity index (χ0n) is 16.2. The second-order valence-electron chi connectivity index (χ2n) is 6.76.